The van der Waals surface area contributed by atoms with Gasteiger partial charge in [0.05, 0.1) is 24.8 Å². The van der Waals surface area contributed by atoms with Crippen LogP contribution < -0.4 is 5.32 Å². The lowest BCUT2D eigenvalue weighted by molar-refractivity contribution is -0.120. The number of nitrogens with zero attached hydrogens (tertiary/aromatic N) is 3. The number of hydrogen-bond donors (Lipinski definition) is 1. The fraction of sp³-hybridized carbons (Fsp3) is 0.133. The molecule has 0 aliphatic rings. The van der Waals surface area contributed by atoms with E-state index < -0.39 is 0 Å². The van der Waals surface area contributed by atoms with Crippen LogP contribution in [0, 0.1) is 0 Å². The van der Waals surface area contributed by atoms with Gasteiger partial charge in [0.2, 0.25) is 5.91 Å². The normalized spacial score (nSPS) is 10.6. The van der Waals surface area contributed by atoms with Gasteiger partial charge in [0, 0.05) is 10.4 Å². The number of nitrogens with one attached hydrogen (secondary N) is 1. The molecule has 0 fully saturated rings. The minimum absolute atomic E-state index is 0.0626. The minimum atomic E-state index is -0.0626. The molecule has 0 spiro atoms. The number of amides is 1. The number of aromatic nitrogens is 3. The van der Waals surface area contributed by atoms with Crippen LogP contribution in [0.1, 0.15) is 11.3 Å². The van der Waals surface area contributed by atoms with Crippen molar-refractivity contribution in [3.8, 4) is 5.69 Å². The van der Waals surface area contributed by atoms with Gasteiger partial charge in [0.25, 0.3) is 0 Å². The van der Waals surface area contributed by atoms with Crippen molar-refractivity contribution < 1.29 is 4.79 Å². The Balaban J connectivity index is 1.54. The number of benzene rings is 1. The third-order valence-corrected chi connectivity index (χ3v) is 3.98. The zero-order valence-corrected chi connectivity index (χ0v) is 13.1. The molecule has 0 saturated heterocycles. The summed E-state index contributed by atoms with van der Waals surface area (Å²) in [6.07, 6.45) is 2.13. The van der Waals surface area contributed by atoms with Gasteiger partial charge in [0.1, 0.15) is 5.69 Å². The van der Waals surface area contributed by atoms with Crippen LogP contribution in [-0.2, 0) is 17.8 Å². The van der Waals surface area contributed by atoms with E-state index in [1.807, 2.05) is 35.2 Å². The maximum Gasteiger partial charge on any atom is 0.224 e. The van der Waals surface area contributed by atoms with Crippen LogP contribution in [-0.4, -0.2) is 20.9 Å². The second-order valence-corrected chi connectivity index (χ2v) is 5.93. The lowest BCUT2D eigenvalue weighted by Gasteiger charge is -2.03. The zero-order valence-electron chi connectivity index (χ0n) is 11.6. The lowest BCUT2D eigenvalue weighted by Crippen LogP contribution is -2.24. The van der Waals surface area contributed by atoms with Crippen molar-refractivity contribution in [1.82, 2.24) is 20.3 Å². The molecule has 0 saturated carbocycles. The first-order valence-corrected chi connectivity index (χ1v) is 7.98. The second-order valence-electron chi connectivity index (χ2n) is 4.72. The largest absolute Gasteiger partial charge is 0.350 e. The predicted octanol–water partition coefficient (Wildman–Crippen LogP) is 2.84. The number of thiophene rings is 1. The van der Waals surface area contributed by atoms with Gasteiger partial charge in [-0.2, -0.15) is 11.3 Å². The first-order valence-electron chi connectivity index (χ1n) is 6.65. The van der Waals surface area contributed by atoms with Gasteiger partial charge in [-0.3, -0.25) is 4.79 Å². The molecule has 3 rings (SSSR count). The molecular formula is C15H13ClN4OS. The number of hydrogen-bond acceptors (Lipinski definition) is 4. The summed E-state index contributed by atoms with van der Waals surface area (Å²) in [6, 6.07) is 9.19. The van der Waals surface area contributed by atoms with Crippen LogP contribution in [0.15, 0.2) is 47.3 Å². The Labute approximate surface area is 136 Å². The van der Waals surface area contributed by atoms with E-state index in [0.29, 0.717) is 18.0 Å². The summed E-state index contributed by atoms with van der Waals surface area (Å²) in [5.74, 6) is -0.0626. The molecule has 1 N–H and O–H groups in total. The summed E-state index contributed by atoms with van der Waals surface area (Å²) in [6.45, 7) is 0.358. The van der Waals surface area contributed by atoms with Crippen molar-refractivity contribution in [2.75, 3.05) is 0 Å². The summed E-state index contributed by atoms with van der Waals surface area (Å²) < 4.78 is 1.69. The van der Waals surface area contributed by atoms with Crippen LogP contribution in [0.3, 0.4) is 0 Å². The van der Waals surface area contributed by atoms with Gasteiger partial charge >= 0.3 is 0 Å². The van der Waals surface area contributed by atoms with Gasteiger partial charge in [0.15, 0.2) is 0 Å². The van der Waals surface area contributed by atoms with Crippen LogP contribution in [0.4, 0.5) is 0 Å². The smallest absolute Gasteiger partial charge is 0.224 e. The highest BCUT2D eigenvalue weighted by Crippen LogP contribution is 2.11. The van der Waals surface area contributed by atoms with Gasteiger partial charge < -0.3 is 5.32 Å². The first-order chi connectivity index (χ1) is 10.7. The maximum absolute atomic E-state index is 11.9. The van der Waals surface area contributed by atoms with Crippen molar-refractivity contribution in [2.24, 2.45) is 0 Å². The molecule has 1 amide bonds. The Morgan fingerprint density at radius 3 is 2.82 bits per heavy atom. The average molecular weight is 333 g/mol. The standard InChI is InChI=1S/C15H13ClN4OS/c16-12-3-1-11(2-4-12)7-15(21)17-8-13-9-20(19-18-13)14-5-6-22-10-14/h1-6,9-10H,7-8H2,(H,17,21). The predicted molar refractivity (Wildman–Crippen MR) is 86.2 cm³/mol. The molecule has 1 aromatic carbocycles. The highest BCUT2D eigenvalue weighted by atomic mass is 35.5. The monoisotopic (exact) mass is 332 g/mol. The van der Waals surface area contributed by atoms with Crippen LogP contribution in [0.25, 0.3) is 5.69 Å². The molecule has 0 aliphatic carbocycles. The van der Waals surface area contributed by atoms with Gasteiger partial charge in [-0.15, -0.1) is 5.10 Å². The summed E-state index contributed by atoms with van der Waals surface area (Å²) in [5.41, 5.74) is 2.61. The van der Waals surface area contributed by atoms with E-state index in [0.717, 1.165) is 16.9 Å². The SMILES string of the molecule is O=C(Cc1ccc(Cl)cc1)NCc1cn(-c2ccsc2)nn1. The van der Waals surface area contributed by atoms with E-state index in [1.165, 1.54) is 0 Å². The molecule has 0 atom stereocenters. The zero-order chi connectivity index (χ0) is 15.4. The molecule has 0 bridgehead atoms. The quantitative estimate of drug-likeness (QED) is 0.781. The number of carbonyl (C=O) groups is 1. The van der Waals surface area contributed by atoms with Crippen molar-refractivity contribution in [1.29, 1.82) is 0 Å². The maximum atomic E-state index is 11.9. The lowest BCUT2D eigenvalue weighted by atomic mass is 10.1. The Hall–Kier alpha value is -2.18. The average Bonchev–Trinajstić information content (AvgIpc) is 3.18. The molecule has 22 heavy (non-hydrogen) atoms. The molecular weight excluding hydrogens is 320 g/mol. The molecule has 5 nitrogen and oxygen atoms in total. The molecule has 3 aromatic rings. The van der Waals surface area contributed by atoms with Crippen molar-refractivity contribution in [2.45, 2.75) is 13.0 Å². The van der Waals surface area contributed by atoms with Crippen molar-refractivity contribution in [3.05, 3.63) is 63.6 Å². The summed E-state index contributed by atoms with van der Waals surface area (Å²) in [4.78, 5) is 11.9. The van der Waals surface area contributed by atoms with Crippen LogP contribution in [0.2, 0.25) is 5.02 Å². The summed E-state index contributed by atoms with van der Waals surface area (Å²) in [7, 11) is 0. The van der Waals surface area contributed by atoms with Crippen molar-refractivity contribution >= 4 is 28.8 Å². The Kier molecular flexibility index (Phi) is 4.50. The van der Waals surface area contributed by atoms with E-state index in [9.17, 15) is 4.79 Å². The van der Waals surface area contributed by atoms with Gasteiger partial charge in [-0.1, -0.05) is 28.9 Å². The fourth-order valence-corrected chi connectivity index (χ4v) is 2.68. The topological polar surface area (TPSA) is 59.8 Å². The summed E-state index contributed by atoms with van der Waals surface area (Å²) in [5, 5.41) is 15.5. The Morgan fingerprint density at radius 2 is 2.09 bits per heavy atom. The van der Waals surface area contributed by atoms with Gasteiger partial charge in [-0.05, 0) is 29.1 Å². The second kappa shape index (κ2) is 6.72. The molecule has 0 radical (unpaired) electrons. The van der Waals surface area contributed by atoms with E-state index in [-0.39, 0.29) is 5.91 Å². The molecule has 0 aliphatic heterocycles. The van der Waals surface area contributed by atoms with Crippen molar-refractivity contribution in [3.63, 3.8) is 0 Å². The highest BCUT2D eigenvalue weighted by Gasteiger charge is 2.06. The molecule has 112 valence electrons. The van der Waals surface area contributed by atoms with Crippen LogP contribution in [0.5, 0.6) is 0 Å². The van der Waals surface area contributed by atoms with Gasteiger partial charge in [-0.25, -0.2) is 4.68 Å². The van der Waals surface area contributed by atoms with E-state index >= 15 is 0 Å². The first kappa shape index (κ1) is 14.7. The third kappa shape index (κ3) is 3.72. The molecule has 2 heterocycles. The molecule has 2 aromatic heterocycles. The fourth-order valence-electron chi connectivity index (χ4n) is 1.93. The highest BCUT2D eigenvalue weighted by molar-refractivity contribution is 7.08. The molecule has 0 unspecified atom stereocenters. The van der Waals surface area contributed by atoms with E-state index in [4.69, 9.17) is 11.6 Å². The van der Waals surface area contributed by atoms with E-state index in [1.54, 1.807) is 28.2 Å². The van der Waals surface area contributed by atoms with Crippen LogP contribution >= 0.6 is 22.9 Å². The minimum Gasteiger partial charge on any atom is -0.350 e. The number of rotatable bonds is 5. The number of halogens is 1. The number of carbonyl (C=O) groups excluding carboxylic acids is 1. The summed E-state index contributed by atoms with van der Waals surface area (Å²) >= 11 is 7.41. The van der Waals surface area contributed by atoms with E-state index in [2.05, 4.69) is 15.6 Å². The Morgan fingerprint density at radius 1 is 1.27 bits per heavy atom. The Bertz CT molecular complexity index is 752. The third-order valence-electron chi connectivity index (χ3n) is 3.06. The molecule has 7 heteroatoms.